The molecular weight excluding hydrogens is 324 g/mol. The zero-order chi connectivity index (χ0) is 17.2. The zero-order valence-corrected chi connectivity index (χ0v) is 13.2. The number of amides is 1. The maximum Gasteiger partial charge on any atom is 0.269 e. The van der Waals surface area contributed by atoms with Crippen molar-refractivity contribution in [3.8, 4) is 5.82 Å². The van der Waals surface area contributed by atoms with Crippen molar-refractivity contribution in [2.75, 3.05) is 0 Å². The molecule has 0 fully saturated rings. The lowest BCUT2D eigenvalue weighted by Gasteiger charge is -2.13. The Morgan fingerprint density at radius 3 is 3.12 bits per heavy atom. The van der Waals surface area contributed by atoms with Gasteiger partial charge in [-0.1, -0.05) is 6.92 Å². The van der Waals surface area contributed by atoms with E-state index < -0.39 is 0 Å². The van der Waals surface area contributed by atoms with Gasteiger partial charge in [0.15, 0.2) is 5.82 Å². The molecule has 1 amide bonds. The molecule has 1 unspecified atom stereocenters. The molecule has 0 spiro atoms. The van der Waals surface area contributed by atoms with E-state index >= 15 is 0 Å². The van der Waals surface area contributed by atoms with Gasteiger partial charge in [-0.2, -0.15) is 9.78 Å². The van der Waals surface area contributed by atoms with Gasteiger partial charge in [0.05, 0.1) is 11.7 Å². The second-order valence-corrected chi connectivity index (χ2v) is 5.32. The number of nitrogens with zero attached hydrogens (tertiary/aromatic N) is 8. The lowest BCUT2D eigenvalue weighted by molar-refractivity contribution is 0.0929. The van der Waals surface area contributed by atoms with Crippen molar-refractivity contribution >= 4 is 11.7 Å². The largest absolute Gasteiger partial charge is 0.342 e. The average molecular weight is 338 g/mol. The Hall–Kier alpha value is -3.63. The van der Waals surface area contributed by atoms with Gasteiger partial charge in [0, 0.05) is 24.7 Å². The second-order valence-electron chi connectivity index (χ2n) is 5.32. The molecule has 0 radical (unpaired) electrons. The smallest absolute Gasteiger partial charge is 0.269 e. The fraction of sp³-hybridized carbons (Fsp3) is 0.214. The first kappa shape index (κ1) is 14.9. The van der Waals surface area contributed by atoms with Crippen LogP contribution in [0.15, 0.2) is 37.1 Å². The van der Waals surface area contributed by atoms with Crippen LogP contribution in [0.1, 0.15) is 35.6 Å². The van der Waals surface area contributed by atoms with Crippen LogP contribution in [-0.2, 0) is 0 Å². The highest BCUT2D eigenvalue weighted by Crippen LogP contribution is 2.16. The van der Waals surface area contributed by atoms with E-state index in [0.717, 1.165) is 5.69 Å². The van der Waals surface area contributed by atoms with Crippen molar-refractivity contribution in [2.45, 2.75) is 19.4 Å². The number of hydrogen-bond acceptors (Lipinski definition) is 7. The molecule has 0 aliphatic heterocycles. The summed E-state index contributed by atoms with van der Waals surface area (Å²) < 4.78 is 3.18. The average Bonchev–Trinajstić information content (AvgIpc) is 3.38. The van der Waals surface area contributed by atoms with Gasteiger partial charge >= 0.3 is 0 Å². The number of hydrogen-bond donors (Lipinski definition) is 2. The molecule has 4 aromatic heterocycles. The van der Waals surface area contributed by atoms with Crippen LogP contribution >= 0.6 is 0 Å². The van der Waals surface area contributed by atoms with Gasteiger partial charge < -0.3 is 5.32 Å². The van der Waals surface area contributed by atoms with Gasteiger partial charge in [-0.05, 0) is 22.9 Å². The van der Waals surface area contributed by atoms with Gasteiger partial charge in [0.1, 0.15) is 12.0 Å². The summed E-state index contributed by atoms with van der Waals surface area (Å²) in [6, 6.07) is 3.15. The summed E-state index contributed by atoms with van der Waals surface area (Å²) in [5.74, 6) is 0.733. The van der Waals surface area contributed by atoms with E-state index in [-0.39, 0.29) is 11.9 Å². The number of nitrogens with one attached hydrogen (secondary N) is 2. The summed E-state index contributed by atoms with van der Waals surface area (Å²) in [7, 11) is 0. The fourth-order valence-corrected chi connectivity index (χ4v) is 2.45. The third kappa shape index (κ3) is 2.82. The first-order chi connectivity index (χ1) is 12.2. The summed E-state index contributed by atoms with van der Waals surface area (Å²) in [4.78, 5) is 21.1. The second kappa shape index (κ2) is 6.11. The third-order valence-corrected chi connectivity index (χ3v) is 3.72. The van der Waals surface area contributed by atoms with Crippen LogP contribution in [0, 0.1) is 0 Å². The number of carbonyl (C=O) groups excluding carboxylic acids is 1. The lowest BCUT2D eigenvalue weighted by Crippen LogP contribution is -2.28. The predicted octanol–water partition coefficient (Wildman–Crippen LogP) is 0.309. The van der Waals surface area contributed by atoms with E-state index in [9.17, 15) is 4.79 Å². The highest BCUT2D eigenvalue weighted by molar-refractivity contribution is 5.92. The molecule has 11 nitrogen and oxygen atoms in total. The summed E-state index contributed by atoms with van der Waals surface area (Å²) in [5, 5.41) is 20.5. The Morgan fingerprint density at radius 2 is 2.36 bits per heavy atom. The van der Waals surface area contributed by atoms with E-state index in [0.29, 0.717) is 23.7 Å². The van der Waals surface area contributed by atoms with Crippen LogP contribution in [0.4, 0.5) is 0 Å². The van der Waals surface area contributed by atoms with Gasteiger partial charge in [0.2, 0.25) is 5.78 Å². The maximum atomic E-state index is 12.5. The molecule has 0 saturated carbocycles. The van der Waals surface area contributed by atoms with Crippen molar-refractivity contribution in [3.63, 3.8) is 0 Å². The molecule has 0 aliphatic rings. The first-order valence-corrected chi connectivity index (χ1v) is 7.64. The van der Waals surface area contributed by atoms with Crippen molar-refractivity contribution in [1.29, 1.82) is 0 Å². The number of carbonyl (C=O) groups is 1. The predicted molar refractivity (Wildman–Crippen MR) is 84.8 cm³/mol. The van der Waals surface area contributed by atoms with Gasteiger partial charge in [-0.25, -0.2) is 9.97 Å². The molecule has 4 heterocycles. The van der Waals surface area contributed by atoms with E-state index in [1.807, 2.05) is 29.8 Å². The van der Waals surface area contributed by atoms with Crippen LogP contribution in [0.25, 0.3) is 11.6 Å². The molecule has 0 aliphatic carbocycles. The molecule has 126 valence electrons. The summed E-state index contributed by atoms with van der Waals surface area (Å²) in [6.45, 7) is 1.97. The zero-order valence-electron chi connectivity index (χ0n) is 13.2. The number of aromatic amines is 1. The molecule has 1 atom stereocenters. The van der Waals surface area contributed by atoms with Crippen LogP contribution in [0.5, 0.6) is 0 Å². The Bertz CT molecular complexity index is 969. The first-order valence-electron chi connectivity index (χ1n) is 7.64. The van der Waals surface area contributed by atoms with Crippen LogP contribution < -0.4 is 5.32 Å². The summed E-state index contributed by atoms with van der Waals surface area (Å²) >= 11 is 0. The normalized spacial score (nSPS) is 12.4. The molecule has 2 N–H and O–H groups in total. The summed E-state index contributed by atoms with van der Waals surface area (Å²) in [6.07, 6.45) is 7.48. The quantitative estimate of drug-likeness (QED) is 0.535. The lowest BCUT2D eigenvalue weighted by atomic mass is 10.1. The Labute approximate surface area is 141 Å². The fourth-order valence-electron chi connectivity index (χ4n) is 2.45. The number of H-pyrrole nitrogens is 1. The number of aromatic nitrogens is 9. The van der Waals surface area contributed by atoms with E-state index in [1.54, 1.807) is 12.3 Å². The van der Waals surface area contributed by atoms with Crippen LogP contribution in [0.3, 0.4) is 0 Å². The van der Waals surface area contributed by atoms with Gasteiger partial charge in [-0.3, -0.25) is 14.3 Å². The molecular formula is C14H14N10O. The molecule has 4 rings (SSSR count). The Balaban J connectivity index is 1.54. The molecule has 25 heavy (non-hydrogen) atoms. The van der Waals surface area contributed by atoms with Crippen molar-refractivity contribution in [2.24, 2.45) is 0 Å². The minimum absolute atomic E-state index is 0.242. The highest BCUT2D eigenvalue weighted by atomic mass is 16.2. The highest BCUT2D eigenvalue weighted by Gasteiger charge is 2.19. The van der Waals surface area contributed by atoms with Crippen LogP contribution in [0.2, 0.25) is 0 Å². The van der Waals surface area contributed by atoms with Crippen molar-refractivity contribution in [1.82, 2.24) is 50.1 Å². The molecule has 4 aromatic rings. The molecule has 0 aromatic carbocycles. The SMILES string of the molecule is CCC(NC(=O)c1cc(-n2cnnn2)n[nH]1)c1cn2cccnc2n1. The van der Waals surface area contributed by atoms with E-state index in [2.05, 4.69) is 41.0 Å². The summed E-state index contributed by atoms with van der Waals surface area (Å²) in [5.41, 5.74) is 1.06. The van der Waals surface area contributed by atoms with Gasteiger partial charge in [-0.15, -0.1) is 5.10 Å². The van der Waals surface area contributed by atoms with Gasteiger partial charge in [0.25, 0.3) is 5.91 Å². The monoisotopic (exact) mass is 338 g/mol. The topological polar surface area (TPSA) is 132 Å². The van der Waals surface area contributed by atoms with E-state index in [1.165, 1.54) is 11.0 Å². The Kier molecular flexibility index (Phi) is 3.65. The third-order valence-electron chi connectivity index (χ3n) is 3.72. The minimum Gasteiger partial charge on any atom is -0.342 e. The van der Waals surface area contributed by atoms with Crippen LogP contribution in [-0.4, -0.2) is 50.7 Å². The minimum atomic E-state index is -0.288. The molecule has 0 bridgehead atoms. The Morgan fingerprint density at radius 1 is 1.44 bits per heavy atom. The van der Waals surface area contributed by atoms with Crippen molar-refractivity contribution < 1.29 is 4.79 Å². The molecule has 0 saturated heterocycles. The molecule has 11 heteroatoms. The van der Waals surface area contributed by atoms with E-state index in [4.69, 9.17) is 0 Å². The number of fused-ring (bicyclic) bond motifs is 1. The number of tetrazole rings is 1. The number of imidazole rings is 1. The van der Waals surface area contributed by atoms with Crippen molar-refractivity contribution in [3.05, 3.63) is 48.4 Å². The standard InChI is InChI=1S/C14H14N10O/c1-2-9(11-7-23-5-3-4-15-14(23)18-11)17-13(25)10-6-12(20-19-10)24-8-16-21-22-24/h3-9H,2H2,1H3,(H,17,25)(H,19,20). The maximum absolute atomic E-state index is 12.5. The number of rotatable bonds is 5.